The molecule has 108 valence electrons. The monoisotopic (exact) mass is 269 g/mol. The van der Waals surface area contributed by atoms with Crippen molar-refractivity contribution in [2.45, 2.75) is 26.8 Å². The molecule has 0 saturated carbocycles. The van der Waals surface area contributed by atoms with Gasteiger partial charge in [0.25, 0.3) is 0 Å². The largest absolute Gasteiger partial charge is 0.463 e. The van der Waals surface area contributed by atoms with Crippen LogP contribution in [0.15, 0.2) is 16.7 Å². The molecule has 0 saturated heterocycles. The van der Waals surface area contributed by atoms with Gasteiger partial charge in [-0.05, 0) is 24.9 Å². The van der Waals surface area contributed by atoms with E-state index in [0.717, 1.165) is 31.7 Å². The highest BCUT2D eigenvalue weighted by Crippen LogP contribution is 2.11. The molecule has 1 heterocycles. The van der Waals surface area contributed by atoms with Gasteiger partial charge in [0, 0.05) is 25.3 Å². The zero-order valence-corrected chi connectivity index (χ0v) is 11.9. The summed E-state index contributed by atoms with van der Waals surface area (Å²) in [5, 5.41) is 3.25. The molecule has 0 aliphatic rings. The molecular formula is C14H23NO4. The molecule has 0 amide bonds. The second-order valence-corrected chi connectivity index (χ2v) is 4.77. The van der Waals surface area contributed by atoms with Gasteiger partial charge in [-0.15, -0.1) is 0 Å². The number of carbonyl (C=O) groups is 1. The molecule has 5 heteroatoms. The van der Waals surface area contributed by atoms with Crippen LogP contribution in [0.5, 0.6) is 0 Å². The van der Waals surface area contributed by atoms with E-state index < -0.39 is 5.97 Å². The van der Waals surface area contributed by atoms with Gasteiger partial charge in [-0.25, -0.2) is 4.79 Å². The highest BCUT2D eigenvalue weighted by Gasteiger charge is 2.14. The zero-order chi connectivity index (χ0) is 14.1. The summed E-state index contributed by atoms with van der Waals surface area (Å²) in [6, 6.07) is 1.77. The summed E-state index contributed by atoms with van der Waals surface area (Å²) in [6.45, 7) is 7.24. The van der Waals surface area contributed by atoms with Crippen molar-refractivity contribution >= 4 is 5.97 Å². The molecular weight excluding hydrogens is 246 g/mol. The van der Waals surface area contributed by atoms with E-state index in [0.29, 0.717) is 12.5 Å². The minimum atomic E-state index is -0.443. The number of hydrogen-bond acceptors (Lipinski definition) is 5. The van der Waals surface area contributed by atoms with Crippen molar-refractivity contribution in [3.05, 3.63) is 23.7 Å². The third kappa shape index (κ3) is 5.89. The summed E-state index contributed by atoms with van der Waals surface area (Å²) >= 11 is 0. The van der Waals surface area contributed by atoms with Crippen molar-refractivity contribution in [2.24, 2.45) is 5.92 Å². The predicted molar refractivity (Wildman–Crippen MR) is 72.0 cm³/mol. The number of rotatable bonds is 9. The van der Waals surface area contributed by atoms with Crippen LogP contribution in [0.3, 0.4) is 0 Å². The van der Waals surface area contributed by atoms with E-state index in [1.807, 2.05) is 0 Å². The molecule has 0 fully saturated rings. The van der Waals surface area contributed by atoms with Crippen LogP contribution in [-0.4, -0.2) is 32.8 Å². The summed E-state index contributed by atoms with van der Waals surface area (Å²) in [5.41, 5.74) is 0.815. The Morgan fingerprint density at radius 1 is 1.47 bits per heavy atom. The van der Waals surface area contributed by atoms with Gasteiger partial charge >= 0.3 is 5.97 Å². The molecule has 19 heavy (non-hydrogen) atoms. The van der Waals surface area contributed by atoms with Crippen molar-refractivity contribution in [2.75, 3.05) is 26.9 Å². The van der Waals surface area contributed by atoms with Crippen LogP contribution in [0.2, 0.25) is 0 Å². The number of nitrogens with one attached hydrogen (secondary N) is 1. The normalized spacial score (nSPS) is 10.9. The number of furan rings is 1. The first-order chi connectivity index (χ1) is 9.15. The number of ether oxygens (including phenoxy) is 2. The Morgan fingerprint density at radius 2 is 2.26 bits per heavy atom. The van der Waals surface area contributed by atoms with Crippen LogP contribution in [0, 0.1) is 5.92 Å². The van der Waals surface area contributed by atoms with E-state index in [1.165, 1.54) is 13.4 Å². The van der Waals surface area contributed by atoms with Crippen molar-refractivity contribution in [1.82, 2.24) is 5.32 Å². The lowest BCUT2D eigenvalue weighted by atomic mass is 10.2. The maximum absolute atomic E-state index is 11.4. The molecule has 0 aliphatic heterocycles. The average Bonchev–Trinajstić information content (AvgIpc) is 2.84. The zero-order valence-electron chi connectivity index (χ0n) is 11.9. The first kappa shape index (κ1) is 15.7. The van der Waals surface area contributed by atoms with Crippen LogP contribution in [-0.2, 0) is 16.0 Å². The molecule has 1 N–H and O–H groups in total. The second-order valence-electron chi connectivity index (χ2n) is 4.77. The second kappa shape index (κ2) is 8.72. The summed E-state index contributed by atoms with van der Waals surface area (Å²) < 4.78 is 15.2. The Labute approximate surface area is 114 Å². The molecule has 0 radical (unpaired) electrons. The number of methoxy groups -OCH3 is 1. The number of carbonyl (C=O) groups excluding carboxylic acids is 1. The van der Waals surface area contributed by atoms with Gasteiger partial charge < -0.3 is 19.2 Å². The van der Waals surface area contributed by atoms with Crippen LogP contribution >= 0.6 is 0 Å². The highest BCUT2D eigenvalue weighted by molar-refractivity contribution is 5.87. The summed E-state index contributed by atoms with van der Waals surface area (Å²) in [6.07, 6.45) is 2.44. The molecule has 0 aliphatic carbocycles. The first-order valence-corrected chi connectivity index (χ1v) is 6.58. The SMILES string of the molecule is COC(=O)c1occc1CNCCCOCC(C)C. The van der Waals surface area contributed by atoms with Crippen molar-refractivity contribution in [1.29, 1.82) is 0 Å². The summed E-state index contributed by atoms with van der Waals surface area (Å²) in [7, 11) is 1.34. The Kier molecular flexibility index (Phi) is 7.22. The lowest BCUT2D eigenvalue weighted by Gasteiger charge is -2.07. The summed E-state index contributed by atoms with van der Waals surface area (Å²) in [5.74, 6) is 0.398. The third-order valence-electron chi connectivity index (χ3n) is 2.53. The summed E-state index contributed by atoms with van der Waals surface area (Å²) in [4.78, 5) is 11.4. The minimum Gasteiger partial charge on any atom is -0.463 e. The molecule has 0 bridgehead atoms. The van der Waals surface area contributed by atoms with Crippen molar-refractivity contribution < 1.29 is 18.7 Å². The molecule has 5 nitrogen and oxygen atoms in total. The van der Waals surface area contributed by atoms with E-state index in [2.05, 4.69) is 23.9 Å². The number of esters is 1. The minimum absolute atomic E-state index is 0.269. The van der Waals surface area contributed by atoms with E-state index in [4.69, 9.17) is 9.15 Å². The van der Waals surface area contributed by atoms with Gasteiger partial charge in [-0.1, -0.05) is 13.8 Å². The highest BCUT2D eigenvalue weighted by atomic mass is 16.5. The Hall–Kier alpha value is -1.33. The lowest BCUT2D eigenvalue weighted by Crippen LogP contribution is -2.18. The van der Waals surface area contributed by atoms with E-state index >= 15 is 0 Å². The van der Waals surface area contributed by atoms with Crippen molar-refractivity contribution in [3.8, 4) is 0 Å². The van der Waals surface area contributed by atoms with Gasteiger partial charge in [-0.2, -0.15) is 0 Å². The van der Waals surface area contributed by atoms with E-state index in [9.17, 15) is 4.79 Å². The van der Waals surface area contributed by atoms with E-state index in [1.54, 1.807) is 6.07 Å². The molecule has 1 aromatic heterocycles. The maximum atomic E-state index is 11.4. The standard InChI is InChI=1S/C14H23NO4/c1-11(2)10-18-7-4-6-15-9-12-5-8-19-13(12)14(16)17-3/h5,8,11,15H,4,6-7,9-10H2,1-3H3. The maximum Gasteiger partial charge on any atom is 0.374 e. The van der Waals surface area contributed by atoms with Crippen LogP contribution in [0.1, 0.15) is 36.4 Å². The smallest absolute Gasteiger partial charge is 0.374 e. The average molecular weight is 269 g/mol. The fourth-order valence-corrected chi connectivity index (χ4v) is 1.59. The third-order valence-corrected chi connectivity index (χ3v) is 2.53. The predicted octanol–water partition coefficient (Wildman–Crippen LogP) is 2.22. The van der Waals surface area contributed by atoms with Crippen LogP contribution in [0.4, 0.5) is 0 Å². The van der Waals surface area contributed by atoms with E-state index in [-0.39, 0.29) is 5.76 Å². The fraction of sp³-hybridized carbons (Fsp3) is 0.643. The van der Waals surface area contributed by atoms with Crippen LogP contribution in [0.25, 0.3) is 0 Å². The molecule has 0 unspecified atom stereocenters. The Morgan fingerprint density at radius 3 is 2.95 bits per heavy atom. The molecule has 0 aromatic carbocycles. The van der Waals surface area contributed by atoms with Crippen LogP contribution < -0.4 is 5.32 Å². The molecule has 1 aromatic rings. The topological polar surface area (TPSA) is 60.7 Å². The number of hydrogen-bond donors (Lipinski definition) is 1. The van der Waals surface area contributed by atoms with Gasteiger partial charge in [0.1, 0.15) is 0 Å². The molecule has 1 rings (SSSR count). The van der Waals surface area contributed by atoms with Gasteiger partial charge in [-0.3, -0.25) is 0 Å². The van der Waals surface area contributed by atoms with Crippen molar-refractivity contribution in [3.63, 3.8) is 0 Å². The Balaban J connectivity index is 2.16. The van der Waals surface area contributed by atoms with Gasteiger partial charge in [0.15, 0.2) is 0 Å². The fourth-order valence-electron chi connectivity index (χ4n) is 1.59. The molecule has 0 spiro atoms. The lowest BCUT2D eigenvalue weighted by molar-refractivity contribution is 0.0563. The molecule has 0 atom stereocenters. The van der Waals surface area contributed by atoms with Gasteiger partial charge in [0.2, 0.25) is 5.76 Å². The van der Waals surface area contributed by atoms with Gasteiger partial charge in [0.05, 0.1) is 13.4 Å². The Bertz CT molecular complexity index is 373. The quantitative estimate of drug-likeness (QED) is 0.550. The first-order valence-electron chi connectivity index (χ1n) is 6.58.